The molecule has 2 amide bonds. The molecule has 1 saturated carbocycles. The predicted molar refractivity (Wildman–Crippen MR) is 141 cm³/mol. The smallest absolute Gasteiger partial charge is 0.243 e. The Bertz CT molecular complexity index is 1190. The first-order valence-corrected chi connectivity index (χ1v) is 12.8. The minimum Gasteiger partial charge on any atom is -0.352 e. The van der Waals surface area contributed by atoms with Crippen molar-refractivity contribution >= 4 is 11.8 Å². The second-order valence-corrected chi connectivity index (χ2v) is 9.92. The summed E-state index contributed by atoms with van der Waals surface area (Å²) >= 11 is 0. The summed E-state index contributed by atoms with van der Waals surface area (Å²) in [6.45, 7) is 4.02. The number of nitrogens with one attached hydrogen (secondary N) is 1. The zero-order valence-corrected chi connectivity index (χ0v) is 21.2. The molecular weight excluding hydrogens is 451 g/mol. The first-order chi connectivity index (χ1) is 17.4. The third kappa shape index (κ3) is 6.60. The largest absolute Gasteiger partial charge is 0.352 e. The van der Waals surface area contributed by atoms with E-state index in [1.165, 1.54) is 6.07 Å². The first-order valence-electron chi connectivity index (χ1n) is 12.8. The normalized spacial score (nSPS) is 14.4. The van der Waals surface area contributed by atoms with Crippen LogP contribution in [0, 0.1) is 19.7 Å². The monoisotopic (exact) mass is 486 g/mol. The number of amides is 2. The lowest BCUT2D eigenvalue weighted by atomic mass is 9.99. The van der Waals surface area contributed by atoms with Gasteiger partial charge in [0, 0.05) is 24.6 Å². The number of benzene rings is 3. The molecule has 5 heteroatoms. The van der Waals surface area contributed by atoms with Crippen molar-refractivity contribution in [1.82, 2.24) is 10.2 Å². The van der Waals surface area contributed by atoms with E-state index in [4.69, 9.17) is 0 Å². The van der Waals surface area contributed by atoms with Crippen LogP contribution in [0.25, 0.3) is 0 Å². The zero-order chi connectivity index (χ0) is 25.5. The predicted octanol–water partition coefficient (Wildman–Crippen LogP) is 5.68. The van der Waals surface area contributed by atoms with Crippen LogP contribution in [-0.4, -0.2) is 28.8 Å². The van der Waals surface area contributed by atoms with Crippen molar-refractivity contribution in [2.45, 2.75) is 71.0 Å². The summed E-state index contributed by atoms with van der Waals surface area (Å²) in [6.07, 6.45) is 4.62. The molecule has 188 valence electrons. The molecule has 4 nitrogen and oxygen atoms in total. The Morgan fingerprint density at radius 1 is 0.944 bits per heavy atom. The van der Waals surface area contributed by atoms with Gasteiger partial charge in [-0.2, -0.15) is 0 Å². The van der Waals surface area contributed by atoms with E-state index in [0.717, 1.165) is 47.9 Å². The van der Waals surface area contributed by atoms with Gasteiger partial charge in [0.25, 0.3) is 0 Å². The number of aryl methyl sites for hydroxylation is 2. The van der Waals surface area contributed by atoms with Gasteiger partial charge in [-0.1, -0.05) is 85.1 Å². The Morgan fingerprint density at radius 2 is 1.64 bits per heavy atom. The molecule has 0 aliphatic heterocycles. The van der Waals surface area contributed by atoms with Gasteiger partial charge in [0.2, 0.25) is 11.8 Å². The molecule has 0 spiro atoms. The second-order valence-electron chi connectivity index (χ2n) is 9.92. The van der Waals surface area contributed by atoms with Crippen LogP contribution in [0.3, 0.4) is 0 Å². The highest BCUT2D eigenvalue weighted by Crippen LogP contribution is 2.22. The Hall–Kier alpha value is -3.47. The molecule has 1 aliphatic rings. The highest BCUT2D eigenvalue weighted by atomic mass is 19.1. The van der Waals surface area contributed by atoms with E-state index >= 15 is 0 Å². The van der Waals surface area contributed by atoms with Gasteiger partial charge < -0.3 is 10.2 Å². The summed E-state index contributed by atoms with van der Waals surface area (Å²) in [5.74, 6) is -0.734. The summed E-state index contributed by atoms with van der Waals surface area (Å²) in [5, 5.41) is 3.19. The molecule has 0 radical (unpaired) electrons. The van der Waals surface area contributed by atoms with Crippen LogP contribution in [0.15, 0.2) is 72.8 Å². The van der Waals surface area contributed by atoms with Crippen LogP contribution in [0.5, 0.6) is 0 Å². The Morgan fingerprint density at radius 3 is 2.36 bits per heavy atom. The Balaban J connectivity index is 1.69. The Labute approximate surface area is 213 Å². The van der Waals surface area contributed by atoms with Gasteiger partial charge in [0.05, 0.1) is 6.42 Å². The number of hydrogen-bond acceptors (Lipinski definition) is 2. The third-order valence-corrected chi connectivity index (χ3v) is 7.12. The van der Waals surface area contributed by atoms with E-state index in [9.17, 15) is 14.0 Å². The molecular formula is C31H35FN2O2. The molecule has 1 N–H and O–H groups in total. The van der Waals surface area contributed by atoms with E-state index in [1.54, 1.807) is 23.1 Å². The van der Waals surface area contributed by atoms with Gasteiger partial charge in [0.1, 0.15) is 11.9 Å². The number of hydrogen-bond donors (Lipinski definition) is 1. The molecule has 36 heavy (non-hydrogen) atoms. The molecule has 0 saturated heterocycles. The van der Waals surface area contributed by atoms with Crippen LogP contribution in [-0.2, 0) is 29.0 Å². The SMILES string of the molecule is Cc1ccc(C)c(CC(=O)N(Cc2ccccc2F)[C@@H](Cc2ccccc2)C(=O)NC2CCCC2)c1. The van der Waals surface area contributed by atoms with Crippen LogP contribution in [0.2, 0.25) is 0 Å². The Kier molecular flexibility index (Phi) is 8.52. The molecule has 0 bridgehead atoms. The van der Waals surface area contributed by atoms with Crippen molar-refractivity contribution in [3.8, 4) is 0 Å². The number of carbonyl (C=O) groups excluding carboxylic acids is 2. The summed E-state index contributed by atoms with van der Waals surface area (Å²) in [4.78, 5) is 29.2. The minimum absolute atomic E-state index is 0.0337. The first kappa shape index (κ1) is 25.6. The highest BCUT2D eigenvalue weighted by Gasteiger charge is 2.32. The maximum Gasteiger partial charge on any atom is 0.243 e. The lowest BCUT2D eigenvalue weighted by Gasteiger charge is -2.32. The lowest BCUT2D eigenvalue weighted by Crippen LogP contribution is -2.52. The maximum atomic E-state index is 14.7. The van der Waals surface area contributed by atoms with Crippen LogP contribution in [0.4, 0.5) is 4.39 Å². The molecule has 0 unspecified atom stereocenters. The third-order valence-electron chi connectivity index (χ3n) is 7.12. The average Bonchev–Trinajstić information content (AvgIpc) is 3.38. The van der Waals surface area contributed by atoms with Crippen molar-refractivity contribution in [1.29, 1.82) is 0 Å². The van der Waals surface area contributed by atoms with Crippen molar-refractivity contribution < 1.29 is 14.0 Å². The van der Waals surface area contributed by atoms with Gasteiger partial charge in [-0.3, -0.25) is 9.59 Å². The van der Waals surface area contributed by atoms with Crippen molar-refractivity contribution in [3.63, 3.8) is 0 Å². The standard InChI is InChI=1S/C31H35FN2O2/c1-22-16-17-23(2)26(18-22)20-30(35)34(21-25-12-6-9-15-28(25)32)29(19-24-10-4-3-5-11-24)31(36)33-27-13-7-8-14-27/h3-6,9-12,15-18,27,29H,7-8,13-14,19-21H2,1-2H3,(H,33,36)/t29-/m0/s1. The van der Waals surface area contributed by atoms with Gasteiger partial charge in [-0.15, -0.1) is 0 Å². The van der Waals surface area contributed by atoms with E-state index < -0.39 is 6.04 Å². The summed E-state index contributed by atoms with van der Waals surface area (Å²) < 4.78 is 14.7. The molecule has 0 aromatic heterocycles. The van der Waals surface area contributed by atoms with Crippen molar-refractivity contribution in [3.05, 3.63) is 106 Å². The van der Waals surface area contributed by atoms with Gasteiger partial charge >= 0.3 is 0 Å². The topological polar surface area (TPSA) is 49.4 Å². The fraction of sp³-hybridized carbons (Fsp3) is 0.355. The highest BCUT2D eigenvalue weighted by molar-refractivity contribution is 5.89. The summed E-state index contributed by atoms with van der Waals surface area (Å²) in [5.41, 5.74) is 4.38. The molecule has 4 rings (SSSR count). The maximum absolute atomic E-state index is 14.7. The van der Waals surface area contributed by atoms with Crippen molar-refractivity contribution in [2.24, 2.45) is 0 Å². The molecule has 1 aliphatic carbocycles. The van der Waals surface area contributed by atoms with Gasteiger partial charge in [-0.05, 0) is 49.4 Å². The summed E-state index contributed by atoms with van der Waals surface area (Å²) in [7, 11) is 0. The fourth-order valence-corrected chi connectivity index (χ4v) is 4.99. The number of nitrogens with zero attached hydrogens (tertiary/aromatic N) is 1. The van der Waals surface area contributed by atoms with Crippen LogP contribution >= 0.6 is 0 Å². The van der Waals surface area contributed by atoms with Crippen molar-refractivity contribution in [2.75, 3.05) is 0 Å². The second kappa shape index (κ2) is 12.0. The molecule has 1 atom stereocenters. The zero-order valence-electron chi connectivity index (χ0n) is 21.2. The van der Waals surface area contributed by atoms with E-state index in [1.807, 2.05) is 62.4 Å². The number of halogens is 1. The van der Waals surface area contributed by atoms with Crippen LogP contribution in [0.1, 0.15) is 53.5 Å². The van der Waals surface area contributed by atoms with E-state index in [-0.39, 0.29) is 36.6 Å². The quantitative estimate of drug-likeness (QED) is 0.423. The molecule has 3 aromatic carbocycles. The van der Waals surface area contributed by atoms with E-state index in [2.05, 4.69) is 5.32 Å². The average molecular weight is 487 g/mol. The lowest BCUT2D eigenvalue weighted by molar-refractivity contribution is -0.141. The molecule has 0 heterocycles. The van der Waals surface area contributed by atoms with Gasteiger partial charge in [0.15, 0.2) is 0 Å². The van der Waals surface area contributed by atoms with Crippen LogP contribution < -0.4 is 5.32 Å². The minimum atomic E-state index is -0.745. The summed E-state index contributed by atoms with van der Waals surface area (Å²) in [6, 6.07) is 21.6. The van der Waals surface area contributed by atoms with Gasteiger partial charge in [-0.25, -0.2) is 4.39 Å². The van der Waals surface area contributed by atoms with E-state index in [0.29, 0.717) is 12.0 Å². The number of rotatable bonds is 9. The molecule has 3 aromatic rings. The fourth-order valence-electron chi connectivity index (χ4n) is 4.99. The molecule has 1 fully saturated rings. The number of carbonyl (C=O) groups is 2.